The van der Waals surface area contributed by atoms with Crippen LogP contribution in [0.2, 0.25) is 0 Å². The molecular formula is C22H30N2O2. The van der Waals surface area contributed by atoms with Crippen molar-refractivity contribution < 1.29 is 9.59 Å². The molecule has 2 aliphatic rings. The molecule has 1 saturated heterocycles. The van der Waals surface area contributed by atoms with E-state index in [-0.39, 0.29) is 29.2 Å². The van der Waals surface area contributed by atoms with Gasteiger partial charge in [0.2, 0.25) is 5.91 Å². The molecule has 4 nitrogen and oxygen atoms in total. The van der Waals surface area contributed by atoms with E-state index in [0.717, 1.165) is 25.9 Å². The van der Waals surface area contributed by atoms with Gasteiger partial charge in [0.15, 0.2) is 0 Å². The molecule has 4 heteroatoms. The van der Waals surface area contributed by atoms with E-state index in [1.807, 2.05) is 35.2 Å². The molecule has 0 radical (unpaired) electrons. The van der Waals surface area contributed by atoms with E-state index in [1.54, 1.807) is 0 Å². The zero-order valence-corrected chi connectivity index (χ0v) is 16.3. The first-order chi connectivity index (χ1) is 12.3. The first-order valence-corrected chi connectivity index (χ1v) is 9.60. The Kier molecular flexibility index (Phi) is 5.22. The van der Waals surface area contributed by atoms with Crippen LogP contribution >= 0.6 is 0 Å². The Labute approximate surface area is 156 Å². The van der Waals surface area contributed by atoms with Crippen molar-refractivity contribution in [3.8, 4) is 0 Å². The van der Waals surface area contributed by atoms with Crippen LogP contribution in [0.3, 0.4) is 0 Å². The van der Waals surface area contributed by atoms with Gasteiger partial charge in [-0.3, -0.25) is 9.59 Å². The van der Waals surface area contributed by atoms with Gasteiger partial charge in [0.05, 0.1) is 5.92 Å². The zero-order valence-electron chi connectivity index (χ0n) is 16.3. The monoisotopic (exact) mass is 354 g/mol. The highest BCUT2D eigenvalue weighted by atomic mass is 16.2. The fourth-order valence-corrected chi connectivity index (χ4v) is 4.12. The standard InChI is InChI=1S/C22H30N2O2/c1-15(2)14-18-19(22(18,3)4)21(26)24-12-10-17(11-13-24)23-20(25)16-8-6-5-7-9-16/h5-9,14,17-19H,10-13H2,1-4H3,(H,23,25)/t18-,19+/m1/s1. The molecule has 1 heterocycles. The maximum Gasteiger partial charge on any atom is 0.251 e. The van der Waals surface area contributed by atoms with Gasteiger partial charge in [0.1, 0.15) is 0 Å². The maximum atomic E-state index is 12.9. The fraction of sp³-hybridized carbons (Fsp3) is 0.545. The third-order valence-corrected chi connectivity index (χ3v) is 5.87. The molecule has 2 fully saturated rings. The Bertz CT molecular complexity index is 696. The lowest BCUT2D eigenvalue weighted by molar-refractivity contribution is -0.134. The van der Waals surface area contributed by atoms with Crippen molar-refractivity contribution in [1.82, 2.24) is 10.2 Å². The van der Waals surface area contributed by atoms with E-state index >= 15 is 0 Å². The van der Waals surface area contributed by atoms with Crippen molar-refractivity contribution in [1.29, 1.82) is 0 Å². The summed E-state index contributed by atoms with van der Waals surface area (Å²) in [5.74, 6) is 0.719. The second kappa shape index (κ2) is 7.26. The molecule has 1 aromatic carbocycles. The summed E-state index contributed by atoms with van der Waals surface area (Å²) < 4.78 is 0. The summed E-state index contributed by atoms with van der Waals surface area (Å²) in [7, 11) is 0. The first-order valence-electron chi connectivity index (χ1n) is 9.60. The van der Waals surface area contributed by atoms with Gasteiger partial charge in [-0.25, -0.2) is 0 Å². The Morgan fingerprint density at radius 1 is 1.12 bits per heavy atom. The number of amides is 2. The number of nitrogens with one attached hydrogen (secondary N) is 1. The smallest absolute Gasteiger partial charge is 0.251 e. The lowest BCUT2D eigenvalue weighted by Gasteiger charge is -2.33. The molecule has 1 saturated carbocycles. The van der Waals surface area contributed by atoms with Crippen LogP contribution in [0.25, 0.3) is 0 Å². The highest BCUT2D eigenvalue weighted by molar-refractivity contribution is 5.94. The number of rotatable bonds is 4. The Morgan fingerprint density at radius 3 is 2.31 bits per heavy atom. The van der Waals surface area contributed by atoms with Gasteiger partial charge >= 0.3 is 0 Å². The number of hydrogen-bond donors (Lipinski definition) is 1. The number of benzene rings is 1. The van der Waals surface area contributed by atoms with E-state index in [1.165, 1.54) is 5.57 Å². The van der Waals surface area contributed by atoms with Crippen LogP contribution < -0.4 is 5.32 Å². The molecule has 1 aliphatic carbocycles. The molecule has 140 valence electrons. The topological polar surface area (TPSA) is 49.4 Å². The van der Waals surface area contributed by atoms with E-state index in [9.17, 15) is 9.59 Å². The Hall–Kier alpha value is -2.10. The maximum absolute atomic E-state index is 12.9. The summed E-state index contributed by atoms with van der Waals surface area (Å²) in [5.41, 5.74) is 2.03. The van der Waals surface area contributed by atoms with E-state index in [0.29, 0.717) is 11.5 Å². The summed E-state index contributed by atoms with van der Waals surface area (Å²) >= 11 is 0. The second-order valence-electron chi connectivity index (χ2n) is 8.51. The predicted molar refractivity (Wildman–Crippen MR) is 104 cm³/mol. The number of piperidine rings is 1. The lowest BCUT2D eigenvalue weighted by Crippen LogP contribution is -2.47. The molecule has 0 unspecified atom stereocenters. The summed E-state index contributed by atoms with van der Waals surface area (Å²) in [6, 6.07) is 9.45. The van der Waals surface area contributed by atoms with Crippen LogP contribution in [0, 0.1) is 17.3 Å². The molecule has 1 aliphatic heterocycles. The number of carbonyl (C=O) groups excluding carboxylic acids is 2. The zero-order chi connectivity index (χ0) is 18.9. The third kappa shape index (κ3) is 3.84. The Balaban J connectivity index is 1.52. The molecule has 0 bridgehead atoms. The first kappa shape index (κ1) is 18.7. The minimum absolute atomic E-state index is 0.0256. The van der Waals surface area contributed by atoms with Gasteiger partial charge in [0, 0.05) is 24.7 Å². The van der Waals surface area contributed by atoms with Crippen molar-refractivity contribution in [3.63, 3.8) is 0 Å². The van der Waals surface area contributed by atoms with Crippen LogP contribution in [0.15, 0.2) is 42.0 Å². The number of nitrogens with zero attached hydrogens (tertiary/aromatic N) is 1. The average molecular weight is 354 g/mol. The van der Waals surface area contributed by atoms with E-state index in [2.05, 4.69) is 39.1 Å². The van der Waals surface area contributed by atoms with Crippen LogP contribution in [0.5, 0.6) is 0 Å². The van der Waals surface area contributed by atoms with Gasteiger partial charge in [-0.2, -0.15) is 0 Å². The van der Waals surface area contributed by atoms with Crippen LogP contribution in [-0.2, 0) is 4.79 Å². The number of likely N-dealkylation sites (tertiary alicyclic amines) is 1. The van der Waals surface area contributed by atoms with Gasteiger partial charge in [-0.1, -0.05) is 43.7 Å². The van der Waals surface area contributed by atoms with Crippen molar-refractivity contribution in [3.05, 3.63) is 47.5 Å². The number of hydrogen-bond acceptors (Lipinski definition) is 2. The summed E-state index contributed by atoms with van der Waals surface area (Å²) in [5, 5.41) is 3.10. The van der Waals surface area contributed by atoms with Gasteiger partial charge in [-0.15, -0.1) is 0 Å². The summed E-state index contributed by atoms with van der Waals surface area (Å²) in [4.78, 5) is 27.2. The van der Waals surface area contributed by atoms with E-state index in [4.69, 9.17) is 0 Å². The second-order valence-corrected chi connectivity index (χ2v) is 8.51. The quantitative estimate of drug-likeness (QED) is 0.839. The van der Waals surface area contributed by atoms with Crippen LogP contribution in [0.4, 0.5) is 0 Å². The molecule has 0 aromatic heterocycles. The largest absolute Gasteiger partial charge is 0.349 e. The third-order valence-electron chi connectivity index (χ3n) is 5.87. The van der Waals surface area contributed by atoms with Crippen molar-refractivity contribution in [2.24, 2.45) is 17.3 Å². The minimum atomic E-state index is -0.0256. The summed E-state index contributed by atoms with van der Waals surface area (Å²) in [6.07, 6.45) is 3.89. The minimum Gasteiger partial charge on any atom is -0.349 e. The highest BCUT2D eigenvalue weighted by Crippen LogP contribution is 2.60. The SMILES string of the molecule is CC(C)=C[C@@H]1[C@@H](C(=O)N2CCC(NC(=O)c3ccccc3)CC2)C1(C)C. The Morgan fingerprint density at radius 2 is 1.73 bits per heavy atom. The predicted octanol–water partition coefficient (Wildman–Crippen LogP) is 3.65. The van der Waals surface area contributed by atoms with Crippen LogP contribution in [0.1, 0.15) is 50.9 Å². The summed E-state index contributed by atoms with van der Waals surface area (Å²) in [6.45, 7) is 10.0. The molecule has 2 atom stereocenters. The molecule has 1 aromatic rings. The lowest BCUT2D eigenvalue weighted by atomic mass is 10.0. The fourth-order valence-electron chi connectivity index (χ4n) is 4.12. The molecule has 2 amide bonds. The molecule has 0 spiro atoms. The van der Waals surface area contributed by atoms with Gasteiger partial charge in [0.25, 0.3) is 5.91 Å². The number of allylic oxidation sites excluding steroid dienone is 2. The van der Waals surface area contributed by atoms with Crippen molar-refractivity contribution in [2.75, 3.05) is 13.1 Å². The van der Waals surface area contributed by atoms with E-state index < -0.39 is 0 Å². The van der Waals surface area contributed by atoms with Gasteiger partial charge < -0.3 is 10.2 Å². The molecule has 3 rings (SSSR count). The van der Waals surface area contributed by atoms with Crippen molar-refractivity contribution >= 4 is 11.8 Å². The average Bonchev–Trinajstić information content (AvgIpc) is 3.15. The number of carbonyl (C=O) groups is 2. The highest BCUT2D eigenvalue weighted by Gasteiger charge is 2.61. The molecule has 26 heavy (non-hydrogen) atoms. The van der Waals surface area contributed by atoms with Crippen molar-refractivity contribution in [2.45, 2.75) is 46.6 Å². The normalized spacial score (nSPS) is 24.7. The molecular weight excluding hydrogens is 324 g/mol. The van der Waals surface area contributed by atoms with Crippen LogP contribution in [-0.4, -0.2) is 35.8 Å². The van der Waals surface area contributed by atoms with Gasteiger partial charge in [-0.05, 0) is 50.2 Å². The molecule has 1 N–H and O–H groups in total.